The number of ether oxygens (including phenoxy) is 1. The molecule has 1 aromatic carbocycles. The topological polar surface area (TPSA) is 41.6 Å². The molecule has 128 valence electrons. The van der Waals surface area contributed by atoms with E-state index in [1.165, 1.54) is 12.1 Å². The molecule has 1 amide bonds. The number of amides is 1. The van der Waals surface area contributed by atoms with Crippen LogP contribution < -0.4 is 5.32 Å². The fourth-order valence-corrected chi connectivity index (χ4v) is 2.95. The average Bonchev–Trinajstić information content (AvgIpc) is 2.84. The van der Waals surface area contributed by atoms with Crippen LogP contribution in [0.25, 0.3) is 0 Å². The Bertz CT molecular complexity index is 540. The van der Waals surface area contributed by atoms with Crippen molar-refractivity contribution in [3.8, 4) is 0 Å². The summed E-state index contributed by atoms with van der Waals surface area (Å²) >= 11 is 5.85. The van der Waals surface area contributed by atoms with Gasteiger partial charge in [-0.3, -0.25) is 0 Å². The van der Waals surface area contributed by atoms with E-state index in [1.807, 2.05) is 20.8 Å². The molecular formula is C17H24ClFN2O2. The fraction of sp³-hybridized carbons (Fsp3) is 0.588. The van der Waals surface area contributed by atoms with Crippen LogP contribution in [0.2, 0.25) is 5.02 Å². The van der Waals surface area contributed by atoms with Crippen molar-refractivity contribution in [1.29, 1.82) is 0 Å². The van der Waals surface area contributed by atoms with Crippen molar-refractivity contribution in [1.82, 2.24) is 10.2 Å². The molecule has 2 rings (SSSR count). The van der Waals surface area contributed by atoms with E-state index in [0.29, 0.717) is 24.7 Å². The molecule has 0 bridgehead atoms. The Hall–Kier alpha value is -1.33. The Morgan fingerprint density at radius 2 is 2.17 bits per heavy atom. The van der Waals surface area contributed by atoms with Crippen LogP contribution in [0.4, 0.5) is 9.18 Å². The van der Waals surface area contributed by atoms with E-state index in [-0.39, 0.29) is 18.0 Å². The number of carbonyl (C=O) groups is 1. The zero-order valence-corrected chi connectivity index (χ0v) is 14.6. The molecule has 1 aliphatic heterocycles. The van der Waals surface area contributed by atoms with Crippen molar-refractivity contribution in [2.75, 3.05) is 13.1 Å². The largest absolute Gasteiger partial charge is 0.444 e. The molecular weight excluding hydrogens is 319 g/mol. The van der Waals surface area contributed by atoms with Gasteiger partial charge in [0.05, 0.1) is 0 Å². The summed E-state index contributed by atoms with van der Waals surface area (Å²) in [5.74, 6) is -0.342. The van der Waals surface area contributed by atoms with E-state index >= 15 is 0 Å². The highest BCUT2D eigenvalue weighted by Crippen LogP contribution is 2.20. The molecule has 0 aliphatic carbocycles. The quantitative estimate of drug-likeness (QED) is 0.900. The van der Waals surface area contributed by atoms with E-state index in [0.717, 1.165) is 18.4 Å². The number of carbonyl (C=O) groups excluding carboxylic acids is 1. The molecule has 1 unspecified atom stereocenters. The van der Waals surface area contributed by atoms with Crippen LogP contribution in [-0.4, -0.2) is 35.7 Å². The van der Waals surface area contributed by atoms with E-state index in [4.69, 9.17) is 16.3 Å². The molecule has 1 aromatic rings. The van der Waals surface area contributed by atoms with Gasteiger partial charge < -0.3 is 15.0 Å². The van der Waals surface area contributed by atoms with Gasteiger partial charge in [-0.2, -0.15) is 0 Å². The highest BCUT2D eigenvalue weighted by atomic mass is 35.5. The maximum atomic E-state index is 13.3. The Morgan fingerprint density at radius 1 is 1.43 bits per heavy atom. The molecule has 0 saturated carbocycles. The number of hydrogen-bond donors (Lipinski definition) is 1. The molecule has 0 radical (unpaired) electrons. The number of rotatable bonds is 4. The summed E-state index contributed by atoms with van der Waals surface area (Å²) in [6, 6.07) is 4.58. The van der Waals surface area contributed by atoms with Crippen molar-refractivity contribution in [3.05, 3.63) is 34.6 Å². The lowest BCUT2D eigenvalue weighted by molar-refractivity contribution is 0.0226. The molecule has 1 atom stereocenters. The van der Waals surface area contributed by atoms with Crippen LogP contribution in [0.5, 0.6) is 0 Å². The van der Waals surface area contributed by atoms with E-state index in [9.17, 15) is 9.18 Å². The predicted octanol–water partition coefficient (Wildman–Crippen LogP) is 3.97. The summed E-state index contributed by atoms with van der Waals surface area (Å²) in [5.41, 5.74) is 0.299. The Kier molecular flexibility index (Phi) is 5.87. The van der Waals surface area contributed by atoms with Crippen molar-refractivity contribution < 1.29 is 13.9 Å². The second-order valence-corrected chi connectivity index (χ2v) is 7.31. The molecule has 1 fully saturated rings. The number of likely N-dealkylation sites (tertiary alicyclic amines) is 1. The molecule has 0 aromatic heterocycles. The molecule has 0 spiro atoms. The first kappa shape index (κ1) is 18.0. The second-order valence-electron chi connectivity index (χ2n) is 6.88. The second kappa shape index (κ2) is 7.49. The van der Waals surface area contributed by atoms with Crippen LogP contribution >= 0.6 is 11.6 Å². The van der Waals surface area contributed by atoms with Gasteiger partial charge in [0.1, 0.15) is 11.4 Å². The minimum atomic E-state index is -0.490. The summed E-state index contributed by atoms with van der Waals surface area (Å²) in [5, 5.41) is 3.66. The monoisotopic (exact) mass is 342 g/mol. The maximum absolute atomic E-state index is 13.3. The first-order chi connectivity index (χ1) is 10.7. The number of halogens is 2. The number of benzene rings is 1. The zero-order chi connectivity index (χ0) is 17.0. The van der Waals surface area contributed by atoms with Gasteiger partial charge in [-0.15, -0.1) is 0 Å². The molecule has 4 nitrogen and oxygen atoms in total. The molecule has 1 heterocycles. The smallest absolute Gasteiger partial charge is 0.410 e. The zero-order valence-electron chi connectivity index (χ0n) is 13.9. The highest BCUT2D eigenvalue weighted by Gasteiger charge is 2.31. The maximum Gasteiger partial charge on any atom is 0.410 e. The SMILES string of the molecule is CC(C)(C)OC(=O)N1CCCC1CNCc1cc(F)cc(Cl)c1. The lowest BCUT2D eigenvalue weighted by atomic mass is 10.2. The van der Waals surface area contributed by atoms with Crippen molar-refractivity contribution in [2.45, 2.75) is 51.8 Å². The van der Waals surface area contributed by atoms with E-state index in [1.54, 1.807) is 11.0 Å². The molecule has 23 heavy (non-hydrogen) atoms. The van der Waals surface area contributed by atoms with Crippen molar-refractivity contribution in [3.63, 3.8) is 0 Å². The lowest BCUT2D eigenvalue weighted by Crippen LogP contribution is -2.44. The van der Waals surface area contributed by atoms with E-state index in [2.05, 4.69) is 5.32 Å². The summed E-state index contributed by atoms with van der Waals surface area (Å²) in [6.45, 7) is 7.46. The van der Waals surface area contributed by atoms with Crippen LogP contribution in [0.15, 0.2) is 18.2 Å². The Morgan fingerprint density at radius 3 is 2.83 bits per heavy atom. The normalized spacial score (nSPS) is 18.3. The number of hydrogen-bond acceptors (Lipinski definition) is 3. The third kappa shape index (κ3) is 5.66. The van der Waals surface area contributed by atoms with Crippen LogP contribution in [0.1, 0.15) is 39.2 Å². The van der Waals surface area contributed by atoms with Crippen LogP contribution in [-0.2, 0) is 11.3 Å². The minimum Gasteiger partial charge on any atom is -0.444 e. The van der Waals surface area contributed by atoms with Gasteiger partial charge in [-0.05, 0) is 57.4 Å². The van der Waals surface area contributed by atoms with Gasteiger partial charge in [-0.1, -0.05) is 11.6 Å². The number of nitrogens with one attached hydrogen (secondary N) is 1. The van der Waals surface area contributed by atoms with Crippen LogP contribution in [0.3, 0.4) is 0 Å². The summed E-state index contributed by atoms with van der Waals surface area (Å²) in [7, 11) is 0. The first-order valence-electron chi connectivity index (χ1n) is 7.90. The molecule has 1 aliphatic rings. The third-order valence-corrected chi connectivity index (χ3v) is 3.85. The Labute approximate surface area is 141 Å². The lowest BCUT2D eigenvalue weighted by Gasteiger charge is -2.28. The molecule has 1 N–H and O–H groups in total. The van der Waals surface area contributed by atoms with Crippen LogP contribution in [0, 0.1) is 5.82 Å². The summed E-state index contributed by atoms with van der Waals surface area (Å²) in [4.78, 5) is 14.0. The van der Waals surface area contributed by atoms with Crippen molar-refractivity contribution in [2.24, 2.45) is 0 Å². The first-order valence-corrected chi connectivity index (χ1v) is 8.28. The van der Waals surface area contributed by atoms with Gasteiger partial charge in [0.15, 0.2) is 0 Å². The third-order valence-electron chi connectivity index (χ3n) is 3.64. The van der Waals surface area contributed by atoms with Gasteiger partial charge in [-0.25, -0.2) is 9.18 Å². The molecule has 1 saturated heterocycles. The van der Waals surface area contributed by atoms with Gasteiger partial charge >= 0.3 is 6.09 Å². The van der Waals surface area contributed by atoms with Gasteiger partial charge in [0.2, 0.25) is 0 Å². The minimum absolute atomic E-state index is 0.105. The number of nitrogens with zero attached hydrogens (tertiary/aromatic N) is 1. The standard InChI is InChI=1S/C17H24ClFN2O2/c1-17(2,3)23-16(22)21-6-4-5-15(21)11-20-10-12-7-13(18)9-14(19)8-12/h7-9,15,20H,4-6,10-11H2,1-3H3. The highest BCUT2D eigenvalue weighted by molar-refractivity contribution is 6.30. The van der Waals surface area contributed by atoms with E-state index < -0.39 is 5.60 Å². The predicted molar refractivity (Wildman–Crippen MR) is 89.1 cm³/mol. The van der Waals surface area contributed by atoms with Crippen molar-refractivity contribution >= 4 is 17.7 Å². The Balaban J connectivity index is 1.85. The summed E-state index contributed by atoms with van der Waals surface area (Å²) < 4.78 is 18.7. The molecule has 6 heteroatoms. The van der Waals surface area contributed by atoms with Gasteiger partial charge in [0, 0.05) is 30.7 Å². The average molecular weight is 343 g/mol. The fourth-order valence-electron chi connectivity index (χ4n) is 2.70. The summed E-state index contributed by atoms with van der Waals surface area (Å²) in [6.07, 6.45) is 1.64. The van der Waals surface area contributed by atoms with Gasteiger partial charge in [0.25, 0.3) is 0 Å².